The van der Waals surface area contributed by atoms with Gasteiger partial charge in [0.15, 0.2) is 0 Å². The second-order valence-electron chi connectivity index (χ2n) is 6.65. The van der Waals surface area contributed by atoms with E-state index in [4.69, 9.17) is 8.83 Å². The van der Waals surface area contributed by atoms with E-state index in [1.807, 2.05) is 30.3 Å². The molecule has 3 atom stereocenters. The fraction of sp³-hybridized carbons (Fsp3) is 0.368. The summed E-state index contributed by atoms with van der Waals surface area (Å²) in [4.78, 5) is 12.1. The van der Waals surface area contributed by atoms with Crippen LogP contribution in [0, 0.1) is 11.8 Å². The first kappa shape index (κ1) is 15.0. The van der Waals surface area contributed by atoms with Gasteiger partial charge in [0, 0.05) is 12.8 Å². The number of hydrogen-bond donors (Lipinski definition) is 0. The average molecular weight is 324 g/mol. The molecule has 1 aliphatic heterocycles. The largest absolute Gasteiger partial charge is 0.467 e. The van der Waals surface area contributed by atoms with Gasteiger partial charge in [0.2, 0.25) is 5.91 Å². The normalized spacial score (nSPS) is 28.1. The third-order valence-corrected chi connectivity index (χ3v) is 4.78. The summed E-state index contributed by atoms with van der Waals surface area (Å²) in [6, 6.07) is 7.44. The van der Waals surface area contributed by atoms with Gasteiger partial charge in [-0.2, -0.15) is 5.10 Å². The van der Waals surface area contributed by atoms with Crippen LogP contribution in [0.15, 0.2) is 56.3 Å². The number of rotatable bonds is 2. The Bertz CT molecular complexity index is 787. The predicted molar refractivity (Wildman–Crippen MR) is 90.0 cm³/mol. The van der Waals surface area contributed by atoms with Crippen molar-refractivity contribution < 1.29 is 13.6 Å². The Morgan fingerprint density at radius 2 is 2.08 bits per heavy atom. The summed E-state index contributed by atoms with van der Waals surface area (Å²) >= 11 is 0. The van der Waals surface area contributed by atoms with Gasteiger partial charge in [-0.15, -0.1) is 0 Å². The molecule has 124 valence electrons. The number of furan rings is 2. The molecule has 1 amide bonds. The molecule has 5 nitrogen and oxygen atoms in total. The Labute approximate surface area is 140 Å². The molecule has 0 unspecified atom stereocenters. The lowest BCUT2D eigenvalue weighted by Crippen LogP contribution is -2.32. The van der Waals surface area contributed by atoms with Crippen molar-refractivity contribution in [2.75, 3.05) is 0 Å². The van der Waals surface area contributed by atoms with Gasteiger partial charge in [-0.05, 0) is 54.7 Å². The molecule has 0 N–H and O–H groups in total. The van der Waals surface area contributed by atoms with Crippen molar-refractivity contribution in [3.8, 4) is 0 Å². The van der Waals surface area contributed by atoms with Crippen LogP contribution in [-0.4, -0.2) is 16.6 Å². The van der Waals surface area contributed by atoms with Gasteiger partial charge in [-0.3, -0.25) is 4.79 Å². The zero-order valence-corrected chi connectivity index (χ0v) is 13.8. The zero-order chi connectivity index (χ0) is 16.7. The van der Waals surface area contributed by atoms with Crippen molar-refractivity contribution >= 4 is 17.7 Å². The van der Waals surface area contributed by atoms with Gasteiger partial charge in [0.1, 0.15) is 17.6 Å². The number of fused-ring (bicyclic) bond motifs is 1. The van der Waals surface area contributed by atoms with Gasteiger partial charge < -0.3 is 8.83 Å². The lowest BCUT2D eigenvalue weighted by molar-refractivity contribution is -0.131. The standard InChI is InChI=1S/C19H20N2O3/c1-12-9-14(11-15-5-3-7-23-15)18-16(10-12)19(17-6-4-8-24-17)21(20-18)13(2)22/h3-8,11-12,16,19H,9-10H2,1-2H3/b14-11+/t12-,16+,19+/m0/s1. The van der Waals surface area contributed by atoms with E-state index >= 15 is 0 Å². The van der Waals surface area contributed by atoms with E-state index in [9.17, 15) is 4.79 Å². The Kier molecular flexibility index (Phi) is 3.63. The molecule has 2 aromatic heterocycles. The first-order chi connectivity index (χ1) is 11.6. The molecule has 1 aliphatic carbocycles. The van der Waals surface area contributed by atoms with Crippen molar-refractivity contribution in [1.82, 2.24) is 5.01 Å². The highest BCUT2D eigenvalue weighted by atomic mass is 16.3. The van der Waals surface area contributed by atoms with Crippen LogP contribution in [0.5, 0.6) is 0 Å². The monoisotopic (exact) mass is 324 g/mol. The number of carbonyl (C=O) groups excluding carboxylic acids is 1. The fourth-order valence-corrected chi connectivity index (χ4v) is 3.83. The Balaban J connectivity index is 1.77. The van der Waals surface area contributed by atoms with Crippen molar-refractivity contribution in [2.24, 2.45) is 16.9 Å². The van der Waals surface area contributed by atoms with Crippen molar-refractivity contribution in [3.05, 3.63) is 53.9 Å². The molecule has 0 aromatic carbocycles. The lowest BCUT2D eigenvalue weighted by Gasteiger charge is -2.30. The van der Waals surface area contributed by atoms with Crippen molar-refractivity contribution in [1.29, 1.82) is 0 Å². The highest BCUT2D eigenvalue weighted by molar-refractivity contribution is 6.07. The number of hydrazone groups is 1. The van der Waals surface area contributed by atoms with Crippen LogP contribution < -0.4 is 0 Å². The summed E-state index contributed by atoms with van der Waals surface area (Å²) in [5.74, 6) is 2.21. The smallest absolute Gasteiger partial charge is 0.240 e. The molecule has 3 heterocycles. The minimum absolute atomic E-state index is 0.0664. The lowest BCUT2D eigenvalue weighted by atomic mass is 9.74. The van der Waals surface area contributed by atoms with E-state index in [2.05, 4.69) is 12.0 Å². The summed E-state index contributed by atoms with van der Waals surface area (Å²) in [5, 5.41) is 6.25. The van der Waals surface area contributed by atoms with Gasteiger partial charge in [0.05, 0.1) is 18.2 Å². The van der Waals surface area contributed by atoms with Gasteiger partial charge in [-0.1, -0.05) is 6.92 Å². The average Bonchev–Trinajstić information content (AvgIpc) is 3.26. The molecule has 5 heteroatoms. The minimum Gasteiger partial charge on any atom is -0.467 e. The third kappa shape index (κ3) is 2.50. The van der Waals surface area contributed by atoms with Gasteiger partial charge in [0.25, 0.3) is 0 Å². The van der Waals surface area contributed by atoms with Crippen LogP contribution >= 0.6 is 0 Å². The quantitative estimate of drug-likeness (QED) is 0.829. The molecule has 1 fully saturated rings. The first-order valence-electron chi connectivity index (χ1n) is 8.29. The second kappa shape index (κ2) is 5.82. The minimum atomic E-state index is -0.157. The van der Waals surface area contributed by atoms with Crippen LogP contribution in [0.4, 0.5) is 0 Å². The van der Waals surface area contributed by atoms with Crippen molar-refractivity contribution in [3.63, 3.8) is 0 Å². The predicted octanol–water partition coefficient (Wildman–Crippen LogP) is 4.26. The molecular weight excluding hydrogens is 304 g/mol. The van der Waals surface area contributed by atoms with E-state index in [0.717, 1.165) is 35.6 Å². The van der Waals surface area contributed by atoms with E-state index in [1.54, 1.807) is 24.5 Å². The fourth-order valence-electron chi connectivity index (χ4n) is 3.83. The first-order valence-corrected chi connectivity index (χ1v) is 8.29. The molecule has 4 rings (SSSR count). The molecule has 0 spiro atoms. The summed E-state index contributed by atoms with van der Waals surface area (Å²) in [7, 11) is 0. The molecular formula is C19H20N2O3. The summed E-state index contributed by atoms with van der Waals surface area (Å²) < 4.78 is 11.1. The molecule has 1 saturated carbocycles. The van der Waals surface area contributed by atoms with Crippen LogP contribution in [0.25, 0.3) is 6.08 Å². The summed E-state index contributed by atoms with van der Waals surface area (Å²) in [6.07, 6.45) is 7.29. The third-order valence-electron chi connectivity index (χ3n) is 4.78. The SMILES string of the molecule is CC(=O)N1N=C2/C(=C/c3ccco3)C[C@H](C)C[C@H]2[C@@H]1c1ccco1. The molecule has 24 heavy (non-hydrogen) atoms. The van der Waals surface area contributed by atoms with E-state index < -0.39 is 0 Å². The molecule has 2 aliphatic rings. The Morgan fingerprint density at radius 1 is 1.29 bits per heavy atom. The second-order valence-corrected chi connectivity index (χ2v) is 6.65. The van der Waals surface area contributed by atoms with Crippen LogP contribution in [0.3, 0.4) is 0 Å². The number of hydrogen-bond acceptors (Lipinski definition) is 4. The molecule has 0 bridgehead atoms. The van der Waals surface area contributed by atoms with Gasteiger partial charge >= 0.3 is 0 Å². The highest BCUT2D eigenvalue weighted by Crippen LogP contribution is 2.46. The van der Waals surface area contributed by atoms with Crippen molar-refractivity contribution in [2.45, 2.75) is 32.7 Å². The molecule has 0 radical (unpaired) electrons. The topological polar surface area (TPSA) is 59.0 Å². The van der Waals surface area contributed by atoms with E-state index in [-0.39, 0.29) is 17.9 Å². The highest BCUT2D eigenvalue weighted by Gasteiger charge is 2.45. The number of carbonyl (C=O) groups is 1. The summed E-state index contributed by atoms with van der Waals surface area (Å²) in [6.45, 7) is 3.79. The van der Waals surface area contributed by atoms with Crippen LogP contribution in [0.1, 0.15) is 44.3 Å². The maximum absolute atomic E-state index is 12.1. The summed E-state index contributed by atoms with van der Waals surface area (Å²) in [5.41, 5.74) is 2.13. The number of allylic oxidation sites excluding steroid dienone is 1. The number of nitrogens with zero attached hydrogens (tertiary/aromatic N) is 2. The Morgan fingerprint density at radius 3 is 2.75 bits per heavy atom. The molecule has 0 saturated heterocycles. The Hall–Kier alpha value is -2.56. The van der Waals surface area contributed by atoms with E-state index in [1.165, 1.54) is 0 Å². The van der Waals surface area contributed by atoms with Gasteiger partial charge in [-0.25, -0.2) is 5.01 Å². The maximum Gasteiger partial charge on any atom is 0.240 e. The van der Waals surface area contributed by atoms with Crippen LogP contribution in [0.2, 0.25) is 0 Å². The maximum atomic E-state index is 12.1. The van der Waals surface area contributed by atoms with E-state index in [0.29, 0.717) is 5.92 Å². The number of amides is 1. The van der Waals surface area contributed by atoms with Crippen LogP contribution in [-0.2, 0) is 4.79 Å². The zero-order valence-electron chi connectivity index (χ0n) is 13.8. The molecule has 2 aromatic rings.